The number of aromatic nitrogens is 1. The molecule has 1 amide bonds. The fourth-order valence-electron chi connectivity index (χ4n) is 3.33. The van der Waals surface area contributed by atoms with Gasteiger partial charge in [-0.15, -0.1) is 0 Å². The summed E-state index contributed by atoms with van der Waals surface area (Å²) in [5.41, 5.74) is 1.12. The van der Waals surface area contributed by atoms with Crippen LogP contribution in [0.5, 0.6) is 5.75 Å². The number of benzene rings is 2. The lowest BCUT2D eigenvalue weighted by molar-refractivity contribution is 0.0958. The molecule has 0 N–H and O–H groups in total. The number of fused-ring (bicyclic) bond motifs is 2. The molecule has 5 aromatic rings. The number of ether oxygens (including phenoxy) is 1. The number of furan rings is 2. The Bertz CT molecular complexity index is 1370. The molecule has 0 fully saturated rings. The number of hydrogen-bond donors (Lipinski definition) is 0. The van der Waals surface area contributed by atoms with Gasteiger partial charge >= 0.3 is 0 Å². The molecule has 0 saturated heterocycles. The fraction of sp³-hybridized carbons (Fsp3) is 0.130. The van der Waals surface area contributed by atoms with E-state index >= 15 is 0 Å². The van der Waals surface area contributed by atoms with Crippen molar-refractivity contribution >= 4 is 43.6 Å². The molecule has 0 bridgehead atoms. The third kappa shape index (κ3) is 3.66. The number of anilines is 1. The van der Waals surface area contributed by atoms with E-state index in [1.165, 1.54) is 28.4 Å². The van der Waals surface area contributed by atoms with E-state index in [-0.39, 0.29) is 24.0 Å². The Balaban J connectivity index is 1.58. The highest BCUT2D eigenvalue weighted by Crippen LogP contribution is 2.34. The fourth-order valence-corrected chi connectivity index (χ4v) is 4.32. The van der Waals surface area contributed by atoms with Crippen molar-refractivity contribution in [2.45, 2.75) is 13.5 Å². The second-order valence-electron chi connectivity index (χ2n) is 6.80. The van der Waals surface area contributed by atoms with Gasteiger partial charge in [0, 0.05) is 5.39 Å². The van der Waals surface area contributed by atoms with Crippen LogP contribution in [-0.4, -0.2) is 17.5 Å². The second-order valence-corrected chi connectivity index (χ2v) is 7.81. The molecule has 156 valence electrons. The maximum absolute atomic E-state index is 13.7. The molecule has 8 heteroatoms. The standard InChI is InChI=1S/C23H17FN2O4S/c1-2-28-18-7-3-5-14-11-19(30-21(14)18)22(27)26(13-16-6-4-10-29-16)23-25-17-9-8-15(24)12-20(17)31-23/h3-12H,2,13H2,1H3. The van der Waals surface area contributed by atoms with E-state index in [1.54, 1.807) is 36.6 Å². The van der Waals surface area contributed by atoms with E-state index in [9.17, 15) is 9.18 Å². The number of rotatable bonds is 6. The quantitative estimate of drug-likeness (QED) is 0.326. The number of halogens is 1. The van der Waals surface area contributed by atoms with Crippen molar-refractivity contribution in [1.82, 2.24) is 4.98 Å². The summed E-state index contributed by atoms with van der Waals surface area (Å²) in [6.07, 6.45) is 1.54. The van der Waals surface area contributed by atoms with E-state index < -0.39 is 0 Å². The van der Waals surface area contributed by atoms with E-state index in [2.05, 4.69) is 4.98 Å². The van der Waals surface area contributed by atoms with Crippen LogP contribution in [0.1, 0.15) is 23.2 Å². The van der Waals surface area contributed by atoms with Crippen LogP contribution in [0.25, 0.3) is 21.2 Å². The number of amides is 1. The third-order valence-corrected chi connectivity index (χ3v) is 5.77. The van der Waals surface area contributed by atoms with Gasteiger partial charge in [0.05, 0.1) is 29.6 Å². The molecule has 31 heavy (non-hydrogen) atoms. The number of thiazole rings is 1. The van der Waals surface area contributed by atoms with E-state index in [0.717, 1.165) is 5.39 Å². The lowest BCUT2D eigenvalue weighted by atomic mass is 10.2. The van der Waals surface area contributed by atoms with Gasteiger partial charge in [0.15, 0.2) is 22.2 Å². The number of nitrogens with zero attached hydrogens (tertiary/aromatic N) is 2. The predicted octanol–water partition coefficient (Wildman–Crippen LogP) is 6.02. The van der Waals surface area contributed by atoms with E-state index in [4.69, 9.17) is 13.6 Å². The van der Waals surface area contributed by atoms with Crippen molar-refractivity contribution in [3.8, 4) is 5.75 Å². The summed E-state index contributed by atoms with van der Waals surface area (Å²) >= 11 is 1.23. The minimum atomic E-state index is -0.380. The van der Waals surface area contributed by atoms with Gasteiger partial charge < -0.3 is 13.6 Å². The maximum atomic E-state index is 13.7. The zero-order valence-electron chi connectivity index (χ0n) is 16.5. The van der Waals surface area contributed by atoms with Crippen LogP contribution < -0.4 is 9.64 Å². The van der Waals surface area contributed by atoms with Crippen molar-refractivity contribution in [3.63, 3.8) is 0 Å². The summed E-state index contributed by atoms with van der Waals surface area (Å²) < 4.78 is 31.3. The summed E-state index contributed by atoms with van der Waals surface area (Å²) in [5.74, 6) is 0.582. The molecule has 0 aliphatic carbocycles. The normalized spacial score (nSPS) is 11.3. The summed E-state index contributed by atoms with van der Waals surface area (Å²) in [7, 11) is 0. The topological polar surface area (TPSA) is 68.7 Å². The van der Waals surface area contributed by atoms with Crippen LogP contribution in [0.3, 0.4) is 0 Å². The Hall–Kier alpha value is -3.65. The van der Waals surface area contributed by atoms with Crippen molar-refractivity contribution in [1.29, 1.82) is 0 Å². The molecule has 2 aromatic carbocycles. The van der Waals surface area contributed by atoms with Crippen molar-refractivity contribution < 1.29 is 22.8 Å². The molecule has 0 aliphatic heterocycles. The Morgan fingerprint density at radius 2 is 2.10 bits per heavy atom. The van der Waals surface area contributed by atoms with Gasteiger partial charge in [-0.1, -0.05) is 23.5 Å². The first kappa shape index (κ1) is 19.3. The van der Waals surface area contributed by atoms with Gasteiger partial charge in [-0.3, -0.25) is 9.69 Å². The van der Waals surface area contributed by atoms with Crippen molar-refractivity contribution in [2.75, 3.05) is 11.5 Å². The smallest absolute Gasteiger partial charge is 0.296 e. The summed E-state index contributed by atoms with van der Waals surface area (Å²) in [4.78, 5) is 19.5. The van der Waals surface area contributed by atoms with Crippen LogP contribution in [0.15, 0.2) is 69.7 Å². The Morgan fingerprint density at radius 3 is 2.90 bits per heavy atom. The summed E-state index contributed by atoms with van der Waals surface area (Å²) in [5, 5.41) is 1.19. The molecule has 0 atom stereocenters. The lowest BCUT2D eigenvalue weighted by Gasteiger charge is -2.17. The molecule has 0 unspecified atom stereocenters. The second kappa shape index (κ2) is 7.88. The number of para-hydroxylation sites is 1. The molecule has 0 radical (unpaired) electrons. The average molecular weight is 436 g/mol. The van der Waals surface area contributed by atoms with Gasteiger partial charge in [0.1, 0.15) is 11.6 Å². The van der Waals surface area contributed by atoms with E-state index in [1.807, 2.05) is 19.1 Å². The predicted molar refractivity (Wildman–Crippen MR) is 116 cm³/mol. The molecule has 3 heterocycles. The maximum Gasteiger partial charge on any atom is 0.296 e. The summed E-state index contributed by atoms with van der Waals surface area (Å²) in [6.45, 7) is 2.52. The Morgan fingerprint density at radius 1 is 1.19 bits per heavy atom. The minimum absolute atomic E-state index is 0.152. The highest BCUT2D eigenvalue weighted by atomic mass is 32.1. The monoisotopic (exact) mass is 436 g/mol. The first-order valence-corrected chi connectivity index (χ1v) is 10.5. The molecule has 5 rings (SSSR count). The van der Waals surface area contributed by atoms with Crippen LogP contribution in [0, 0.1) is 5.82 Å². The zero-order valence-corrected chi connectivity index (χ0v) is 17.3. The highest BCUT2D eigenvalue weighted by molar-refractivity contribution is 7.22. The van der Waals surface area contributed by atoms with Crippen molar-refractivity contribution in [2.24, 2.45) is 0 Å². The van der Waals surface area contributed by atoms with Gasteiger partial charge in [-0.25, -0.2) is 9.37 Å². The SMILES string of the molecule is CCOc1cccc2cc(C(=O)N(Cc3ccco3)c3nc4ccc(F)cc4s3)oc12. The molecular weight excluding hydrogens is 419 g/mol. The molecule has 0 saturated carbocycles. The minimum Gasteiger partial charge on any atom is -0.490 e. The van der Waals surface area contributed by atoms with Crippen LogP contribution >= 0.6 is 11.3 Å². The van der Waals surface area contributed by atoms with Gasteiger partial charge in [-0.05, 0) is 49.4 Å². The first-order chi connectivity index (χ1) is 15.1. The van der Waals surface area contributed by atoms with Crippen molar-refractivity contribution in [3.05, 3.63) is 78.2 Å². The first-order valence-electron chi connectivity index (χ1n) is 9.68. The van der Waals surface area contributed by atoms with E-state index in [0.29, 0.717) is 39.0 Å². The molecule has 3 aromatic heterocycles. The molecule has 0 aliphatic rings. The number of carbonyl (C=O) groups excluding carboxylic acids is 1. The Kier molecular flexibility index (Phi) is 4.91. The lowest BCUT2D eigenvalue weighted by Crippen LogP contribution is -2.29. The largest absolute Gasteiger partial charge is 0.490 e. The number of carbonyl (C=O) groups is 1. The zero-order chi connectivity index (χ0) is 21.4. The van der Waals surface area contributed by atoms with Gasteiger partial charge in [-0.2, -0.15) is 0 Å². The molecule has 0 spiro atoms. The summed E-state index contributed by atoms with van der Waals surface area (Å²) in [6, 6.07) is 15.1. The molecule has 6 nitrogen and oxygen atoms in total. The highest BCUT2D eigenvalue weighted by Gasteiger charge is 2.26. The van der Waals surface area contributed by atoms with Crippen LogP contribution in [-0.2, 0) is 6.54 Å². The molecular formula is C23H17FN2O4S. The average Bonchev–Trinajstić information content (AvgIpc) is 3.50. The number of hydrogen-bond acceptors (Lipinski definition) is 6. The van der Waals surface area contributed by atoms with Crippen LogP contribution in [0.2, 0.25) is 0 Å². The van der Waals surface area contributed by atoms with Gasteiger partial charge in [0.2, 0.25) is 0 Å². The third-order valence-electron chi connectivity index (χ3n) is 4.73. The van der Waals surface area contributed by atoms with Crippen LogP contribution in [0.4, 0.5) is 9.52 Å². The van der Waals surface area contributed by atoms with Gasteiger partial charge in [0.25, 0.3) is 5.91 Å². The Labute approximate surface area is 180 Å².